The Labute approximate surface area is 238 Å². The van der Waals surface area contributed by atoms with Gasteiger partial charge in [0, 0.05) is 17.8 Å². The van der Waals surface area contributed by atoms with E-state index in [1.54, 1.807) is 0 Å². The summed E-state index contributed by atoms with van der Waals surface area (Å²) < 4.78 is 0. The van der Waals surface area contributed by atoms with Crippen molar-refractivity contribution < 1.29 is 9.90 Å². The molecule has 6 rings (SSSR count). The molecule has 2 heterocycles. The highest BCUT2D eigenvalue weighted by atomic mass is 16.3. The van der Waals surface area contributed by atoms with E-state index in [0.29, 0.717) is 24.0 Å². The van der Waals surface area contributed by atoms with E-state index in [-0.39, 0.29) is 17.8 Å². The number of hydrogen-bond acceptors (Lipinski definition) is 7. The molecule has 2 aromatic rings. The maximum absolute atomic E-state index is 12.3. The SMILES string of the molecule is CCc1nc(C(N)=O)c(Nc2ccc(C3CCN(C4CC5CCC4C5)CC3)c(C)c2)nc1NC1CCC(O)CC1. The van der Waals surface area contributed by atoms with Gasteiger partial charge in [-0.25, -0.2) is 9.97 Å². The van der Waals surface area contributed by atoms with Gasteiger partial charge in [-0.15, -0.1) is 0 Å². The third kappa shape index (κ3) is 5.70. The fourth-order valence-corrected chi connectivity index (χ4v) is 8.05. The number of carbonyl (C=O) groups excluding carboxylic acids is 1. The van der Waals surface area contributed by atoms with E-state index in [1.807, 2.05) is 6.92 Å². The van der Waals surface area contributed by atoms with Gasteiger partial charge < -0.3 is 26.4 Å². The summed E-state index contributed by atoms with van der Waals surface area (Å²) in [6, 6.07) is 7.58. The number of aliphatic hydroxyl groups excluding tert-OH is 1. The first kappa shape index (κ1) is 27.5. The first-order chi connectivity index (χ1) is 19.4. The number of aryl methyl sites for hydroxylation is 2. The molecule has 5 N–H and O–H groups in total. The molecule has 1 amide bonds. The van der Waals surface area contributed by atoms with Crippen LogP contribution in [0.5, 0.6) is 0 Å². The number of benzene rings is 1. The van der Waals surface area contributed by atoms with Crippen molar-refractivity contribution in [2.24, 2.45) is 17.6 Å². The Morgan fingerprint density at radius 2 is 1.80 bits per heavy atom. The van der Waals surface area contributed by atoms with Crippen LogP contribution in [0.4, 0.5) is 17.3 Å². The molecule has 4 aliphatic rings. The number of likely N-dealkylation sites (tertiary alicyclic amines) is 1. The summed E-state index contributed by atoms with van der Waals surface area (Å²) in [5, 5.41) is 16.8. The van der Waals surface area contributed by atoms with Crippen LogP contribution in [0.1, 0.15) is 104 Å². The quantitative estimate of drug-likeness (QED) is 0.356. The van der Waals surface area contributed by atoms with Crippen molar-refractivity contribution in [2.45, 2.75) is 109 Å². The minimum absolute atomic E-state index is 0.163. The fraction of sp³-hybridized carbons (Fsp3) is 0.656. The summed E-state index contributed by atoms with van der Waals surface area (Å²) in [7, 11) is 0. The average Bonchev–Trinajstić information content (AvgIpc) is 3.59. The number of primary amides is 1. The van der Waals surface area contributed by atoms with Crippen LogP contribution in [0.15, 0.2) is 18.2 Å². The Balaban J connectivity index is 1.15. The van der Waals surface area contributed by atoms with Gasteiger partial charge in [0.2, 0.25) is 0 Å². The normalized spacial score (nSPS) is 29.0. The Bertz CT molecular complexity index is 1220. The zero-order chi connectivity index (χ0) is 27.8. The van der Waals surface area contributed by atoms with Crippen LogP contribution in [0, 0.1) is 18.8 Å². The third-order valence-corrected chi connectivity index (χ3v) is 10.2. The molecule has 3 saturated carbocycles. The molecular weight excluding hydrogens is 500 g/mol. The number of aliphatic hydroxyl groups is 1. The second-order valence-corrected chi connectivity index (χ2v) is 12.8. The van der Waals surface area contributed by atoms with E-state index < -0.39 is 5.91 Å². The van der Waals surface area contributed by atoms with Gasteiger partial charge in [0.25, 0.3) is 5.91 Å². The maximum Gasteiger partial charge on any atom is 0.271 e. The molecule has 8 nitrogen and oxygen atoms in total. The molecule has 1 aliphatic heterocycles. The lowest BCUT2D eigenvalue weighted by Gasteiger charge is -2.40. The lowest BCUT2D eigenvalue weighted by Crippen LogP contribution is -2.43. The van der Waals surface area contributed by atoms with E-state index in [2.05, 4.69) is 45.6 Å². The average molecular weight is 547 g/mol. The molecule has 1 aromatic carbocycles. The largest absolute Gasteiger partial charge is 0.393 e. The number of nitrogens with zero attached hydrogens (tertiary/aromatic N) is 3. The predicted octanol–water partition coefficient (Wildman–Crippen LogP) is 5.27. The van der Waals surface area contributed by atoms with Crippen molar-refractivity contribution >= 4 is 23.2 Å². The molecule has 40 heavy (non-hydrogen) atoms. The smallest absolute Gasteiger partial charge is 0.271 e. The first-order valence-electron chi connectivity index (χ1n) is 15.6. The number of piperidine rings is 1. The minimum Gasteiger partial charge on any atom is -0.393 e. The number of fused-ring (bicyclic) bond motifs is 2. The van der Waals surface area contributed by atoms with Gasteiger partial charge in [-0.05, 0) is 125 Å². The van der Waals surface area contributed by atoms with Crippen LogP contribution in [0.25, 0.3) is 0 Å². The zero-order valence-electron chi connectivity index (χ0n) is 24.2. The monoisotopic (exact) mass is 546 g/mol. The Morgan fingerprint density at radius 3 is 2.42 bits per heavy atom. The highest BCUT2D eigenvalue weighted by molar-refractivity contribution is 5.96. The van der Waals surface area contributed by atoms with Crippen molar-refractivity contribution in [1.82, 2.24) is 14.9 Å². The Kier molecular flexibility index (Phi) is 8.00. The van der Waals surface area contributed by atoms with Gasteiger partial charge in [-0.2, -0.15) is 0 Å². The molecule has 3 aliphatic carbocycles. The molecule has 3 atom stereocenters. The van der Waals surface area contributed by atoms with Crippen LogP contribution in [0.3, 0.4) is 0 Å². The first-order valence-corrected chi connectivity index (χ1v) is 15.6. The highest BCUT2D eigenvalue weighted by Crippen LogP contribution is 2.47. The summed E-state index contributed by atoms with van der Waals surface area (Å²) >= 11 is 0. The van der Waals surface area contributed by atoms with Gasteiger partial charge >= 0.3 is 0 Å². The lowest BCUT2D eigenvalue weighted by molar-refractivity contribution is 0.0996. The summed E-state index contributed by atoms with van der Waals surface area (Å²) in [6.07, 6.45) is 12.0. The van der Waals surface area contributed by atoms with Crippen LogP contribution in [-0.2, 0) is 6.42 Å². The van der Waals surface area contributed by atoms with Gasteiger partial charge in [0.05, 0.1) is 11.8 Å². The maximum atomic E-state index is 12.3. The molecule has 4 fully saturated rings. The third-order valence-electron chi connectivity index (χ3n) is 10.2. The summed E-state index contributed by atoms with van der Waals surface area (Å²) in [4.78, 5) is 24.6. The molecule has 3 unspecified atom stereocenters. The van der Waals surface area contributed by atoms with E-state index in [9.17, 15) is 9.90 Å². The van der Waals surface area contributed by atoms with Crippen molar-refractivity contribution in [3.63, 3.8) is 0 Å². The van der Waals surface area contributed by atoms with Crippen LogP contribution in [-0.4, -0.2) is 57.2 Å². The number of hydrogen-bond donors (Lipinski definition) is 4. The number of carbonyl (C=O) groups is 1. The van der Waals surface area contributed by atoms with E-state index in [4.69, 9.17) is 10.7 Å². The van der Waals surface area contributed by atoms with Crippen molar-refractivity contribution in [2.75, 3.05) is 23.7 Å². The molecule has 0 radical (unpaired) electrons. The summed E-state index contributed by atoms with van der Waals surface area (Å²) in [6.45, 7) is 6.63. The van der Waals surface area contributed by atoms with Gasteiger partial charge in [0.15, 0.2) is 11.5 Å². The van der Waals surface area contributed by atoms with E-state index in [0.717, 1.165) is 54.9 Å². The molecular formula is C32H46N6O2. The fourth-order valence-electron chi connectivity index (χ4n) is 8.05. The number of nitrogens with two attached hydrogens (primary N) is 1. The van der Waals surface area contributed by atoms with Crippen LogP contribution < -0.4 is 16.4 Å². The lowest BCUT2D eigenvalue weighted by atomic mass is 9.84. The van der Waals surface area contributed by atoms with E-state index in [1.165, 1.54) is 62.7 Å². The predicted molar refractivity (Wildman–Crippen MR) is 159 cm³/mol. The van der Waals surface area contributed by atoms with Crippen LogP contribution >= 0.6 is 0 Å². The Hall–Kier alpha value is -2.71. The second-order valence-electron chi connectivity index (χ2n) is 12.8. The standard InChI is InChI=1S/C32H46N6O2/c1-3-27-31(34-23-6-9-25(39)10-7-23)37-32(29(36-27)30(33)40)35-24-8-11-26(19(2)16-24)21-12-14-38(15-13-21)28-18-20-4-5-22(28)17-20/h8,11,16,20-23,25,28,39H,3-7,9-10,12-15,17-18H2,1-2H3,(H2,33,40)(H2,34,35,37). The van der Waals surface area contributed by atoms with Gasteiger partial charge in [-0.1, -0.05) is 19.4 Å². The highest BCUT2D eigenvalue weighted by Gasteiger charge is 2.43. The Morgan fingerprint density at radius 1 is 1.02 bits per heavy atom. The molecule has 0 spiro atoms. The number of nitrogens with one attached hydrogen (secondary N) is 2. The molecule has 1 aromatic heterocycles. The van der Waals surface area contributed by atoms with E-state index >= 15 is 0 Å². The molecule has 8 heteroatoms. The number of amides is 1. The molecule has 2 bridgehead atoms. The number of aromatic nitrogens is 2. The topological polar surface area (TPSA) is 116 Å². The summed E-state index contributed by atoms with van der Waals surface area (Å²) in [5.74, 6) is 3.04. The minimum atomic E-state index is -0.590. The zero-order valence-corrected chi connectivity index (χ0v) is 24.2. The molecule has 216 valence electrons. The van der Waals surface area contributed by atoms with Crippen LogP contribution in [0.2, 0.25) is 0 Å². The number of rotatable bonds is 8. The second kappa shape index (κ2) is 11.6. The number of anilines is 3. The molecule has 1 saturated heterocycles. The van der Waals surface area contributed by atoms with Crippen molar-refractivity contribution in [3.8, 4) is 0 Å². The summed E-state index contributed by atoms with van der Waals surface area (Å²) in [5.41, 5.74) is 10.2. The van der Waals surface area contributed by atoms with Gasteiger partial charge in [0.1, 0.15) is 5.82 Å². The van der Waals surface area contributed by atoms with Gasteiger partial charge in [-0.3, -0.25) is 4.79 Å². The van der Waals surface area contributed by atoms with Crippen molar-refractivity contribution in [3.05, 3.63) is 40.7 Å². The van der Waals surface area contributed by atoms with Crippen molar-refractivity contribution in [1.29, 1.82) is 0 Å².